The fourth-order valence-corrected chi connectivity index (χ4v) is 1.94. The molecular weight excluding hydrogens is 122 g/mol. The maximum Gasteiger partial charge on any atom is 0.0115 e. The van der Waals surface area contributed by atoms with Crippen molar-refractivity contribution < 1.29 is 0 Å². The summed E-state index contributed by atoms with van der Waals surface area (Å²) < 4.78 is 0. The second-order valence-corrected chi connectivity index (χ2v) is 3.79. The molecule has 0 spiro atoms. The first-order valence-electron chi connectivity index (χ1n) is 4.42. The maximum atomic E-state index is 2.51. The van der Waals surface area contributed by atoms with Crippen molar-refractivity contribution in [1.29, 1.82) is 0 Å². The van der Waals surface area contributed by atoms with Gasteiger partial charge in [-0.3, -0.25) is 0 Å². The van der Waals surface area contributed by atoms with Gasteiger partial charge < -0.3 is 4.90 Å². The second-order valence-electron chi connectivity index (χ2n) is 3.79. The summed E-state index contributed by atoms with van der Waals surface area (Å²) in [7, 11) is 2.25. The molecule has 60 valence electrons. The summed E-state index contributed by atoms with van der Waals surface area (Å²) in [6.07, 6.45) is 4.25. The number of nitrogens with zero attached hydrogens (tertiary/aromatic N) is 1. The largest absolute Gasteiger partial charge is 0.303 e. The number of hydrogen-bond acceptors (Lipinski definition) is 1. The first-order chi connectivity index (χ1) is 4.72. The summed E-state index contributed by atoms with van der Waals surface area (Å²) in [4.78, 5) is 2.51. The van der Waals surface area contributed by atoms with Gasteiger partial charge in [0.05, 0.1) is 0 Å². The molecule has 1 heteroatoms. The summed E-state index contributed by atoms with van der Waals surface area (Å²) >= 11 is 0. The van der Waals surface area contributed by atoms with E-state index < -0.39 is 0 Å². The molecule has 0 radical (unpaired) electrons. The summed E-state index contributed by atoms with van der Waals surface area (Å²) in [5.41, 5.74) is 0. The molecule has 1 heterocycles. The van der Waals surface area contributed by atoms with E-state index in [0.29, 0.717) is 0 Å². The first-order valence-corrected chi connectivity index (χ1v) is 4.42. The summed E-state index contributed by atoms with van der Waals surface area (Å²) in [5, 5.41) is 0. The second kappa shape index (κ2) is 3.38. The van der Waals surface area contributed by atoms with Crippen LogP contribution < -0.4 is 0 Å². The molecule has 1 aliphatic heterocycles. The molecule has 1 aliphatic rings. The Morgan fingerprint density at radius 1 is 1.30 bits per heavy atom. The van der Waals surface area contributed by atoms with Crippen LogP contribution in [-0.4, -0.2) is 24.5 Å². The molecule has 0 unspecified atom stereocenters. The minimum atomic E-state index is 0.838. The molecule has 1 saturated heterocycles. The summed E-state index contributed by atoms with van der Waals surface area (Å²) in [6.45, 7) is 5.96. The summed E-state index contributed by atoms with van der Waals surface area (Å²) in [6, 6.07) is 0.855. The van der Waals surface area contributed by atoms with Gasteiger partial charge in [-0.15, -0.1) is 0 Å². The van der Waals surface area contributed by atoms with Crippen molar-refractivity contribution in [3.8, 4) is 0 Å². The molecule has 0 amide bonds. The van der Waals surface area contributed by atoms with Crippen LogP contribution in [0.25, 0.3) is 0 Å². The highest BCUT2D eigenvalue weighted by Crippen LogP contribution is 2.20. The van der Waals surface area contributed by atoms with Crippen LogP contribution >= 0.6 is 0 Å². The maximum absolute atomic E-state index is 2.51. The summed E-state index contributed by atoms with van der Waals surface area (Å²) in [5.74, 6) is 0.838. The van der Waals surface area contributed by atoms with E-state index in [1.807, 2.05) is 0 Å². The quantitative estimate of drug-likeness (QED) is 0.540. The highest BCUT2D eigenvalue weighted by molar-refractivity contribution is 4.76. The van der Waals surface area contributed by atoms with Crippen molar-refractivity contribution in [3.63, 3.8) is 0 Å². The van der Waals surface area contributed by atoms with E-state index in [4.69, 9.17) is 0 Å². The van der Waals surface area contributed by atoms with Gasteiger partial charge in [0.2, 0.25) is 0 Å². The SMILES string of the molecule is CC(C)[C@H]1CCCCN1C. The molecule has 10 heavy (non-hydrogen) atoms. The lowest BCUT2D eigenvalue weighted by Crippen LogP contribution is -2.39. The third kappa shape index (κ3) is 1.72. The Morgan fingerprint density at radius 3 is 2.40 bits per heavy atom. The van der Waals surface area contributed by atoms with Crippen LogP contribution in [0.2, 0.25) is 0 Å². The van der Waals surface area contributed by atoms with E-state index in [2.05, 4.69) is 25.8 Å². The van der Waals surface area contributed by atoms with Crippen molar-refractivity contribution in [2.24, 2.45) is 5.92 Å². The van der Waals surface area contributed by atoms with Crippen LogP contribution in [0.15, 0.2) is 0 Å². The predicted octanol–water partition coefficient (Wildman–Crippen LogP) is 2.13. The van der Waals surface area contributed by atoms with Crippen molar-refractivity contribution in [2.45, 2.75) is 39.2 Å². The number of rotatable bonds is 1. The van der Waals surface area contributed by atoms with Gasteiger partial charge in [0, 0.05) is 6.04 Å². The molecule has 0 bridgehead atoms. The zero-order valence-electron chi connectivity index (χ0n) is 7.43. The minimum absolute atomic E-state index is 0.838. The molecule has 0 aromatic heterocycles. The Kier molecular flexibility index (Phi) is 2.72. The Hall–Kier alpha value is -0.0400. The predicted molar refractivity (Wildman–Crippen MR) is 45.1 cm³/mol. The molecule has 0 saturated carbocycles. The van der Waals surface area contributed by atoms with Crippen molar-refractivity contribution >= 4 is 0 Å². The first kappa shape index (κ1) is 8.06. The van der Waals surface area contributed by atoms with Gasteiger partial charge in [-0.05, 0) is 32.4 Å². The van der Waals surface area contributed by atoms with Crippen LogP contribution in [0.5, 0.6) is 0 Å². The zero-order valence-corrected chi connectivity index (χ0v) is 7.43. The lowest BCUT2D eigenvalue weighted by molar-refractivity contribution is 0.144. The zero-order chi connectivity index (χ0) is 7.56. The molecule has 1 rings (SSSR count). The van der Waals surface area contributed by atoms with Crippen molar-refractivity contribution in [1.82, 2.24) is 4.90 Å². The number of hydrogen-bond donors (Lipinski definition) is 0. The van der Waals surface area contributed by atoms with Crippen LogP contribution in [0.1, 0.15) is 33.1 Å². The third-order valence-electron chi connectivity index (χ3n) is 2.60. The van der Waals surface area contributed by atoms with E-state index in [-0.39, 0.29) is 0 Å². The Balaban J connectivity index is 2.40. The molecule has 1 atom stereocenters. The molecule has 0 aliphatic carbocycles. The van der Waals surface area contributed by atoms with Gasteiger partial charge in [-0.25, -0.2) is 0 Å². The molecule has 1 fully saturated rings. The van der Waals surface area contributed by atoms with Crippen LogP contribution in [0, 0.1) is 5.92 Å². The normalized spacial score (nSPS) is 29.4. The van der Waals surface area contributed by atoms with E-state index in [1.54, 1.807) is 0 Å². The van der Waals surface area contributed by atoms with Crippen molar-refractivity contribution in [3.05, 3.63) is 0 Å². The fourth-order valence-electron chi connectivity index (χ4n) is 1.94. The van der Waals surface area contributed by atoms with E-state index >= 15 is 0 Å². The smallest absolute Gasteiger partial charge is 0.0115 e. The Labute approximate surface area is 64.4 Å². The lowest BCUT2D eigenvalue weighted by Gasteiger charge is -2.35. The topological polar surface area (TPSA) is 3.24 Å². The minimum Gasteiger partial charge on any atom is -0.303 e. The highest BCUT2D eigenvalue weighted by atomic mass is 15.1. The van der Waals surface area contributed by atoms with E-state index in [9.17, 15) is 0 Å². The van der Waals surface area contributed by atoms with Gasteiger partial charge in [0.15, 0.2) is 0 Å². The Morgan fingerprint density at radius 2 is 2.00 bits per heavy atom. The lowest BCUT2D eigenvalue weighted by atomic mass is 9.93. The van der Waals surface area contributed by atoms with E-state index in [1.165, 1.54) is 25.8 Å². The van der Waals surface area contributed by atoms with Crippen LogP contribution in [0.4, 0.5) is 0 Å². The van der Waals surface area contributed by atoms with Gasteiger partial charge in [-0.1, -0.05) is 20.3 Å². The molecule has 0 aromatic rings. The third-order valence-corrected chi connectivity index (χ3v) is 2.60. The molecular formula is C9H19N. The van der Waals surface area contributed by atoms with E-state index in [0.717, 1.165) is 12.0 Å². The van der Waals surface area contributed by atoms with Crippen molar-refractivity contribution in [2.75, 3.05) is 13.6 Å². The average Bonchev–Trinajstić information content (AvgIpc) is 1.88. The number of piperidine rings is 1. The highest BCUT2D eigenvalue weighted by Gasteiger charge is 2.20. The molecule has 1 nitrogen and oxygen atoms in total. The van der Waals surface area contributed by atoms with Gasteiger partial charge in [-0.2, -0.15) is 0 Å². The Bertz CT molecular complexity index is 98.9. The van der Waals surface area contributed by atoms with Crippen LogP contribution in [0.3, 0.4) is 0 Å². The molecule has 0 N–H and O–H groups in total. The molecule has 0 aromatic carbocycles. The average molecular weight is 141 g/mol. The van der Waals surface area contributed by atoms with Gasteiger partial charge in [0.1, 0.15) is 0 Å². The van der Waals surface area contributed by atoms with Gasteiger partial charge >= 0.3 is 0 Å². The number of likely N-dealkylation sites (tertiary alicyclic amines) is 1. The monoisotopic (exact) mass is 141 g/mol. The fraction of sp³-hybridized carbons (Fsp3) is 1.00. The standard InChI is InChI=1S/C9H19N/c1-8(2)9-6-4-5-7-10(9)3/h8-9H,4-7H2,1-3H3/t9-/m1/s1. The van der Waals surface area contributed by atoms with Gasteiger partial charge in [0.25, 0.3) is 0 Å². The van der Waals surface area contributed by atoms with Crippen LogP contribution in [-0.2, 0) is 0 Å².